The molecule has 18 heteroatoms. The molecule has 2 N–H and O–H groups in total. The van der Waals surface area contributed by atoms with E-state index in [0.717, 1.165) is 36.4 Å². The average Bonchev–Trinajstić information content (AvgIpc) is 3.68. The van der Waals surface area contributed by atoms with Crippen molar-refractivity contribution in [3.05, 3.63) is 70.3 Å². The second-order valence-electron chi connectivity index (χ2n) is 9.50. The molecule has 2 aliphatic heterocycles. The van der Waals surface area contributed by atoms with Crippen molar-refractivity contribution in [2.75, 3.05) is 0 Å². The van der Waals surface area contributed by atoms with Crippen LogP contribution in [-0.2, 0) is 11.8 Å². The smallest absolute Gasteiger partial charge is 0.355 e. The van der Waals surface area contributed by atoms with Crippen LogP contribution in [0.2, 0.25) is 0 Å². The van der Waals surface area contributed by atoms with Gasteiger partial charge in [0, 0.05) is 11.0 Å². The van der Waals surface area contributed by atoms with E-state index in [4.69, 9.17) is 0 Å². The average molecular weight is 646 g/mol. The first kappa shape index (κ1) is 31.1. The summed E-state index contributed by atoms with van der Waals surface area (Å²) in [6.45, 7) is 0. The van der Waals surface area contributed by atoms with Crippen molar-refractivity contribution in [1.29, 1.82) is 0 Å². The molecule has 0 amide bonds. The molecule has 3 aromatic rings. The minimum absolute atomic E-state index is 0.315. The number of aromatic nitrogens is 4. The Balaban J connectivity index is 1.89. The minimum Gasteiger partial charge on any atom is -0.355 e. The van der Waals surface area contributed by atoms with E-state index in [9.17, 15) is 43.9 Å². The molecule has 3 aromatic heterocycles. The maximum Gasteiger partial charge on any atom is 0.460 e. The van der Waals surface area contributed by atoms with Gasteiger partial charge >= 0.3 is 36.0 Å². The van der Waals surface area contributed by atoms with Gasteiger partial charge in [0.15, 0.2) is 0 Å². The van der Waals surface area contributed by atoms with Gasteiger partial charge in [0.05, 0.1) is 44.9 Å². The number of nitrogens with one attached hydrogen (secondary N) is 2. The van der Waals surface area contributed by atoms with Crippen LogP contribution in [0.15, 0.2) is 36.4 Å². The molecule has 0 saturated heterocycles. The Morgan fingerprint density at radius 2 is 0.818 bits per heavy atom. The first-order valence-electron chi connectivity index (χ1n) is 11.8. The van der Waals surface area contributed by atoms with Crippen LogP contribution in [-0.4, -0.2) is 44.1 Å². The maximum atomic E-state index is 15.1. The predicted octanol–water partition coefficient (Wildman–Crippen LogP) is 9.23. The fraction of sp³-hybridized carbons (Fsp3) is 0.231. The fourth-order valence-electron chi connectivity index (χ4n) is 4.40. The monoisotopic (exact) mass is 646 g/mol. The molecule has 234 valence electrons. The Labute approximate surface area is 234 Å². The van der Waals surface area contributed by atoms with E-state index in [2.05, 4.69) is 19.9 Å². The van der Waals surface area contributed by atoms with E-state index in [0.29, 0.717) is 24.3 Å². The van der Waals surface area contributed by atoms with Gasteiger partial charge in [-0.2, -0.15) is 61.5 Å². The standard InChI is InChI=1S/C26H12F14N4/c27-21(28,23(31,32)25(35,36)37)19-15-5-1-11(41-15)9-12-2-6-17(42-12)20(22(29,30)24(33,34)26(38,39)40)18-8-4-14(44-18)10-13-3-7-16(19)43-13/h1-10,41-42H. The number of halogens is 14. The van der Waals surface area contributed by atoms with Crippen LogP contribution in [0, 0.1) is 0 Å². The molecule has 5 heterocycles. The third-order valence-electron chi connectivity index (χ3n) is 6.53. The highest BCUT2D eigenvalue weighted by molar-refractivity contribution is 5.81. The molecular weight excluding hydrogens is 634 g/mol. The number of H-pyrrole nitrogens is 2. The second kappa shape index (κ2) is 9.56. The summed E-state index contributed by atoms with van der Waals surface area (Å²) in [6, 6.07) is 4.92. The number of fused-ring (bicyclic) bond motifs is 8. The Bertz CT molecular complexity index is 1730. The van der Waals surface area contributed by atoms with E-state index >= 15 is 17.6 Å². The molecule has 2 aliphatic rings. The van der Waals surface area contributed by atoms with Crippen molar-refractivity contribution in [2.24, 2.45) is 0 Å². The van der Waals surface area contributed by atoms with Gasteiger partial charge in [-0.25, -0.2) is 9.97 Å². The normalized spacial score (nSPS) is 14.9. The van der Waals surface area contributed by atoms with E-state index in [1.54, 1.807) is 0 Å². The van der Waals surface area contributed by atoms with Crippen LogP contribution in [0.4, 0.5) is 61.5 Å². The van der Waals surface area contributed by atoms with Gasteiger partial charge in [-0.05, 0) is 60.7 Å². The molecule has 0 fully saturated rings. The van der Waals surface area contributed by atoms with Crippen molar-refractivity contribution in [3.63, 3.8) is 0 Å². The highest BCUT2D eigenvalue weighted by Crippen LogP contribution is 2.54. The molecule has 0 atom stereocenters. The molecule has 5 rings (SSSR count). The highest BCUT2D eigenvalue weighted by Gasteiger charge is 2.75. The summed E-state index contributed by atoms with van der Waals surface area (Å²) in [5.41, 5.74) is -9.32. The summed E-state index contributed by atoms with van der Waals surface area (Å²) >= 11 is 0. The third kappa shape index (κ3) is 4.70. The fourth-order valence-corrected chi connectivity index (χ4v) is 4.40. The highest BCUT2D eigenvalue weighted by atomic mass is 19.4. The largest absolute Gasteiger partial charge is 0.460 e. The summed E-state index contributed by atoms with van der Waals surface area (Å²) in [5, 5.41) is 0. The molecule has 0 spiro atoms. The maximum absolute atomic E-state index is 15.1. The SMILES string of the molecule is FC(F)(F)C(F)(F)C(F)(F)c1c2nc(cc3nc(c(C(F)(F)C(F)(F)C(F)(F)F)c4ccc(cc5ccc1[nH]5)[nH]4)C=C3)C=C2. The Morgan fingerprint density at radius 1 is 0.455 bits per heavy atom. The zero-order chi connectivity index (χ0) is 32.7. The molecule has 0 unspecified atom stereocenters. The topological polar surface area (TPSA) is 57.4 Å². The zero-order valence-corrected chi connectivity index (χ0v) is 21.0. The van der Waals surface area contributed by atoms with Crippen molar-refractivity contribution in [2.45, 2.75) is 36.0 Å². The molecule has 44 heavy (non-hydrogen) atoms. The zero-order valence-electron chi connectivity index (χ0n) is 21.0. The molecule has 0 aromatic carbocycles. The van der Waals surface area contributed by atoms with Gasteiger partial charge in [0.25, 0.3) is 0 Å². The lowest BCUT2D eigenvalue weighted by atomic mass is 10.00. The number of nitrogens with zero attached hydrogens (tertiary/aromatic N) is 2. The second-order valence-corrected chi connectivity index (χ2v) is 9.50. The number of hydrogen-bond acceptors (Lipinski definition) is 2. The Kier molecular flexibility index (Phi) is 6.75. The minimum atomic E-state index is -6.70. The van der Waals surface area contributed by atoms with Gasteiger partial charge in [-0.1, -0.05) is 0 Å². The third-order valence-corrected chi connectivity index (χ3v) is 6.53. The van der Waals surface area contributed by atoms with Crippen LogP contribution < -0.4 is 0 Å². The molecule has 0 aliphatic carbocycles. The molecule has 0 saturated carbocycles. The molecule has 0 radical (unpaired) electrons. The van der Waals surface area contributed by atoms with Crippen molar-refractivity contribution in [3.8, 4) is 0 Å². The Hall–Kier alpha value is -4.38. The van der Waals surface area contributed by atoms with Crippen molar-refractivity contribution < 1.29 is 61.5 Å². The van der Waals surface area contributed by atoms with Crippen molar-refractivity contribution in [1.82, 2.24) is 19.9 Å². The van der Waals surface area contributed by atoms with Crippen LogP contribution in [0.25, 0.3) is 46.4 Å². The number of hydrogen-bond donors (Lipinski definition) is 2. The lowest BCUT2D eigenvalue weighted by Crippen LogP contribution is -2.50. The summed E-state index contributed by atoms with van der Waals surface area (Å²) in [5.74, 6) is -25.0. The summed E-state index contributed by atoms with van der Waals surface area (Å²) in [6.07, 6.45) is -10.4. The number of aromatic amines is 2. The first-order valence-corrected chi connectivity index (χ1v) is 11.8. The van der Waals surface area contributed by atoms with E-state index in [1.165, 1.54) is 0 Å². The van der Waals surface area contributed by atoms with Gasteiger partial charge in [0.1, 0.15) is 0 Å². The summed E-state index contributed by atoms with van der Waals surface area (Å²) < 4.78 is 195. The predicted molar refractivity (Wildman–Crippen MR) is 129 cm³/mol. The number of alkyl halides is 14. The molecule has 8 bridgehead atoms. The first-order chi connectivity index (χ1) is 20.1. The summed E-state index contributed by atoms with van der Waals surface area (Å²) in [4.78, 5) is 11.6. The van der Waals surface area contributed by atoms with Gasteiger partial charge in [0.2, 0.25) is 0 Å². The number of rotatable bonds is 4. The van der Waals surface area contributed by atoms with Crippen LogP contribution in [0.5, 0.6) is 0 Å². The van der Waals surface area contributed by atoms with E-state index in [-0.39, 0.29) is 11.0 Å². The quantitative estimate of drug-likeness (QED) is 0.191. The summed E-state index contributed by atoms with van der Waals surface area (Å²) in [7, 11) is 0. The van der Waals surface area contributed by atoms with Gasteiger partial charge < -0.3 is 9.97 Å². The van der Waals surface area contributed by atoms with Gasteiger partial charge in [-0.3, -0.25) is 0 Å². The lowest BCUT2D eigenvalue weighted by molar-refractivity contribution is -0.359. The van der Waals surface area contributed by atoms with Crippen molar-refractivity contribution >= 4 is 46.4 Å². The van der Waals surface area contributed by atoms with E-state index in [1.807, 2.05) is 0 Å². The van der Waals surface area contributed by atoms with Gasteiger partial charge in [-0.15, -0.1) is 0 Å². The molecular formula is C26H12F14N4. The Morgan fingerprint density at radius 3 is 1.16 bits per heavy atom. The van der Waals surface area contributed by atoms with E-state index < -0.39 is 81.0 Å². The lowest BCUT2D eigenvalue weighted by Gasteiger charge is -2.28. The van der Waals surface area contributed by atoms with Crippen LogP contribution in [0.1, 0.15) is 33.9 Å². The van der Waals surface area contributed by atoms with Crippen LogP contribution in [0.3, 0.4) is 0 Å². The molecule has 4 nitrogen and oxygen atoms in total. The van der Waals surface area contributed by atoms with Crippen LogP contribution >= 0.6 is 0 Å².